The molecule has 0 radical (unpaired) electrons. The van der Waals surface area contributed by atoms with E-state index in [4.69, 9.17) is 18.6 Å². The van der Waals surface area contributed by atoms with Gasteiger partial charge in [0, 0.05) is 42.8 Å². The third-order valence-electron chi connectivity index (χ3n) is 8.58. The van der Waals surface area contributed by atoms with Gasteiger partial charge in [-0.25, -0.2) is 0 Å². The Balaban J connectivity index is 1.22. The molecule has 6 rings (SSSR count). The van der Waals surface area contributed by atoms with Crippen LogP contribution < -0.4 is 14.8 Å². The van der Waals surface area contributed by atoms with E-state index in [2.05, 4.69) is 16.4 Å². The van der Waals surface area contributed by atoms with Crippen LogP contribution in [-0.2, 0) is 4.74 Å². The maximum absolute atomic E-state index is 12.9. The number of fused-ring (bicyclic) bond motifs is 1. The fraction of sp³-hybridized carbons (Fsp3) is 0.400. The minimum absolute atomic E-state index is 0.0426. The Morgan fingerprint density at radius 2 is 1.84 bits per heavy atom. The van der Waals surface area contributed by atoms with Gasteiger partial charge in [-0.2, -0.15) is 5.26 Å². The Labute approximate surface area is 252 Å². The summed E-state index contributed by atoms with van der Waals surface area (Å²) >= 11 is 0. The molecule has 222 valence electrons. The highest BCUT2D eigenvalue weighted by Gasteiger charge is 2.20. The molecule has 2 aliphatic rings. The lowest BCUT2D eigenvalue weighted by molar-refractivity contribution is 0.0254. The number of furan rings is 1. The molecule has 0 bridgehead atoms. The maximum atomic E-state index is 12.9. The van der Waals surface area contributed by atoms with Gasteiger partial charge in [-0.3, -0.25) is 9.78 Å². The molecule has 1 aliphatic carbocycles. The molecular weight excluding hydrogens is 542 g/mol. The number of nitriles is 1. The fourth-order valence-corrected chi connectivity index (χ4v) is 6.16. The normalized spacial score (nSPS) is 16.1. The Bertz CT molecular complexity index is 1630. The number of hydrogen-bond donors (Lipinski definition) is 1. The predicted molar refractivity (Wildman–Crippen MR) is 164 cm³/mol. The van der Waals surface area contributed by atoms with E-state index in [0.29, 0.717) is 65.2 Å². The van der Waals surface area contributed by atoms with E-state index >= 15 is 0 Å². The lowest BCUT2D eigenvalue weighted by atomic mass is 9.87. The van der Waals surface area contributed by atoms with Crippen LogP contribution in [0.3, 0.4) is 0 Å². The van der Waals surface area contributed by atoms with Crippen LogP contribution in [0.4, 0.5) is 0 Å². The Kier molecular flexibility index (Phi) is 8.90. The zero-order valence-electron chi connectivity index (χ0n) is 24.6. The van der Waals surface area contributed by atoms with Gasteiger partial charge < -0.3 is 23.9 Å². The van der Waals surface area contributed by atoms with Crippen molar-refractivity contribution in [3.63, 3.8) is 0 Å². The monoisotopic (exact) mass is 579 g/mol. The lowest BCUT2D eigenvalue weighted by Crippen LogP contribution is -2.26. The number of methoxy groups -OCH3 is 1. The molecule has 1 N–H and O–H groups in total. The van der Waals surface area contributed by atoms with Crippen molar-refractivity contribution in [3.05, 3.63) is 65.9 Å². The van der Waals surface area contributed by atoms with E-state index in [1.807, 2.05) is 36.4 Å². The Morgan fingerprint density at radius 3 is 2.63 bits per heavy atom. The minimum Gasteiger partial charge on any atom is -0.496 e. The first-order valence-corrected chi connectivity index (χ1v) is 15.3. The molecule has 8 heteroatoms. The topological polar surface area (TPSA) is 107 Å². The fourth-order valence-electron chi connectivity index (χ4n) is 6.16. The summed E-state index contributed by atoms with van der Waals surface area (Å²) in [6.07, 6.45) is 10.9. The van der Waals surface area contributed by atoms with Crippen LogP contribution in [0.1, 0.15) is 67.3 Å². The Morgan fingerprint density at radius 1 is 1.00 bits per heavy atom. The first-order chi connectivity index (χ1) is 21.1. The molecule has 8 nitrogen and oxygen atoms in total. The zero-order chi connectivity index (χ0) is 29.6. The van der Waals surface area contributed by atoms with Crippen molar-refractivity contribution in [1.29, 1.82) is 5.26 Å². The van der Waals surface area contributed by atoms with Gasteiger partial charge in [0.05, 0.1) is 31.5 Å². The number of amides is 1. The number of aromatic nitrogens is 1. The molecule has 0 atom stereocenters. The summed E-state index contributed by atoms with van der Waals surface area (Å²) in [7, 11) is 1.59. The lowest BCUT2D eigenvalue weighted by Gasteiger charge is -2.23. The Hall–Kier alpha value is -4.35. The molecule has 2 fully saturated rings. The summed E-state index contributed by atoms with van der Waals surface area (Å²) in [5.74, 6) is 2.31. The summed E-state index contributed by atoms with van der Waals surface area (Å²) < 4.78 is 23.6. The maximum Gasteiger partial charge on any atom is 0.251 e. The van der Waals surface area contributed by atoms with Gasteiger partial charge >= 0.3 is 0 Å². The van der Waals surface area contributed by atoms with E-state index in [1.165, 1.54) is 32.1 Å². The van der Waals surface area contributed by atoms with Crippen LogP contribution in [0.15, 0.2) is 59.1 Å². The number of nitrogens with zero attached hydrogens (tertiary/aromatic N) is 2. The SMILES string of the molecule is COc1cc(C(=O)NCCC2CCCCC2)ccc1-c1cc2nccc(-c3ccc(OC4CCOCC4)c(C#N)c3)c2o1. The standard InChI is InChI=1S/C35H37N3O5/c1-40-32-20-25(35(39)38-15-11-23-5-3-2-4-6-23)7-9-29(32)33-21-30-34(43-33)28(12-16-37-30)24-8-10-31(26(19-24)22-36)42-27-13-17-41-18-14-27/h7-10,12,16,19-21,23,27H,2-6,11,13-15,17-18H2,1H3,(H,38,39). The molecule has 1 amide bonds. The molecule has 1 saturated carbocycles. The smallest absolute Gasteiger partial charge is 0.251 e. The minimum atomic E-state index is -0.105. The molecule has 2 aromatic carbocycles. The van der Waals surface area contributed by atoms with Gasteiger partial charge in [-0.1, -0.05) is 38.2 Å². The second kappa shape index (κ2) is 13.3. The summed E-state index contributed by atoms with van der Waals surface area (Å²) in [6, 6.07) is 17.0. The third-order valence-corrected chi connectivity index (χ3v) is 8.58. The molecular formula is C35H37N3O5. The highest BCUT2D eigenvalue weighted by Crippen LogP contribution is 2.38. The summed E-state index contributed by atoms with van der Waals surface area (Å²) in [5.41, 5.74) is 4.67. The number of pyridine rings is 1. The molecule has 3 heterocycles. The van der Waals surface area contributed by atoms with E-state index < -0.39 is 0 Å². The molecule has 4 aromatic rings. The van der Waals surface area contributed by atoms with Gasteiger partial charge in [0.15, 0.2) is 5.58 Å². The predicted octanol–water partition coefficient (Wildman–Crippen LogP) is 7.30. The second-order valence-electron chi connectivity index (χ2n) is 11.4. The van der Waals surface area contributed by atoms with Crippen LogP contribution >= 0.6 is 0 Å². The van der Waals surface area contributed by atoms with E-state index in [9.17, 15) is 10.1 Å². The van der Waals surface area contributed by atoms with Gasteiger partial charge in [0.2, 0.25) is 0 Å². The molecule has 1 aliphatic heterocycles. The summed E-state index contributed by atoms with van der Waals surface area (Å²) in [5, 5.41) is 13.0. The number of nitrogens with one attached hydrogen (secondary N) is 1. The van der Waals surface area contributed by atoms with Crippen molar-refractivity contribution in [1.82, 2.24) is 10.3 Å². The number of carbonyl (C=O) groups is 1. The van der Waals surface area contributed by atoms with E-state index in [1.54, 1.807) is 25.4 Å². The van der Waals surface area contributed by atoms with Crippen LogP contribution in [0.2, 0.25) is 0 Å². The van der Waals surface area contributed by atoms with Crippen molar-refractivity contribution in [3.8, 4) is 40.0 Å². The van der Waals surface area contributed by atoms with Gasteiger partial charge in [0.25, 0.3) is 5.91 Å². The quantitative estimate of drug-likeness (QED) is 0.222. The largest absolute Gasteiger partial charge is 0.496 e. The summed E-state index contributed by atoms with van der Waals surface area (Å²) in [4.78, 5) is 17.4. The highest BCUT2D eigenvalue weighted by molar-refractivity contribution is 5.96. The molecule has 1 saturated heterocycles. The number of hydrogen-bond acceptors (Lipinski definition) is 7. The van der Waals surface area contributed by atoms with Crippen molar-refractivity contribution < 1.29 is 23.4 Å². The van der Waals surface area contributed by atoms with Crippen LogP contribution in [0, 0.1) is 17.2 Å². The van der Waals surface area contributed by atoms with Crippen LogP contribution in [-0.4, -0.2) is 43.9 Å². The van der Waals surface area contributed by atoms with Gasteiger partial charge in [0.1, 0.15) is 34.9 Å². The van der Waals surface area contributed by atoms with Crippen molar-refractivity contribution in [2.75, 3.05) is 26.9 Å². The van der Waals surface area contributed by atoms with Crippen molar-refractivity contribution in [2.45, 2.75) is 57.5 Å². The third kappa shape index (κ3) is 6.52. The van der Waals surface area contributed by atoms with Gasteiger partial charge in [-0.15, -0.1) is 0 Å². The van der Waals surface area contributed by atoms with Gasteiger partial charge in [-0.05, 0) is 54.3 Å². The second-order valence-corrected chi connectivity index (χ2v) is 11.4. The van der Waals surface area contributed by atoms with E-state index in [-0.39, 0.29) is 12.0 Å². The number of carbonyl (C=O) groups excluding carboxylic acids is 1. The number of benzene rings is 2. The zero-order valence-corrected chi connectivity index (χ0v) is 24.6. The average molecular weight is 580 g/mol. The number of ether oxygens (including phenoxy) is 3. The summed E-state index contributed by atoms with van der Waals surface area (Å²) in [6.45, 7) is 2.02. The highest BCUT2D eigenvalue weighted by atomic mass is 16.5. The first kappa shape index (κ1) is 28.8. The molecule has 0 unspecified atom stereocenters. The van der Waals surface area contributed by atoms with Crippen molar-refractivity contribution >= 4 is 17.0 Å². The van der Waals surface area contributed by atoms with Crippen molar-refractivity contribution in [2.24, 2.45) is 5.92 Å². The van der Waals surface area contributed by atoms with E-state index in [0.717, 1.165) is 36.0 Å². The first-order valence-electron chi connectivity index (χ1n) is 15.3. The van der Waals surface area contributed by atoms with Crippen LogP contribution in [0.25, 0.3) is 33.6 Å². The average Bonchev–Trinajstić information content (AvgIpc) is 3.50. The van der Waals surface area contributed by atoms with Crippen LogP contribution in [0.5, 0.6) is 11.5 Å². The molecule has 0 spiro atoms. The molecule has 43 heavy (non-hydrogen) atoms. The number of rotatable bonds is 9. The molecule has 2 aromatic heterocycles.